The van der Waals surface area contributed by atoms with E-state index in [1.807, 2.05) is 43.3 Å². The standard InChI is InChI=1S/C21H23N5OS/c1-24(2)18-12-17-19(28-18)20(27)26(14-16-9-5-4-8-15(16)13-22)21(23-17)25-10-6-3-7-11-25/h4-5,8-9,12H,3,6-7,10-11,14H2,1-2H3. The van der Waals surface area contributed by atoms with E-state index in [2.05, 4.69) is 11.0 Å². The van der Waals surface area contributed by atoms with Gasteiger partial charge in [-0.1, -0.05) is 18.2 Å². The van der Waals surface area contributed by atoms with Gasteiger partial charge in [-0.15, -0.1) is 11.3 Å². The van der Waals surface area contributed by atoms with Crippen LogP contribution in [-0.4, -0.2) is 36.7 Å². The number of benzene rings is 1. The molecule has 7 heteroatoms. The van der Waals surface area contributed by atoms with Gasteiger partial charge >= 0.3 is 0 Å². The molecule has 6 nitrogen and oxygen atoms in total. The molecule has 3 heterocycles. The van der Waals surface area contributed by atoms with Crippen molar-refractivity contribution in [1.29, 1.82) is 5.26 Å². The predicted octanol–water partition coefficient (Wildman–Crippen LogP) is 3.43. The van der Waals surface area contributed by atoms with E-state index in [0.29, 0.717) is 22.8 Å². The van der Waals surface area contributed by atoms with Gasteiger partial charge in [-0.05, 0) is 37.0 Å². The van der Waals surface area contributed by atoms with E-state index in [4.69, 9.17) is 4.98 Å². The highest BCUT2D eigenvalue weighted by molar-refractivity contribution is 7.22. The molecule has 1 aliphatic heterocycles. The minimum atomic E-state index is -0.0311. The molecule has 1 fully saturated rings. The summed E-state index contributed by atoms with van der Waals surface area (Å²) in [5.74, 6) is 0.716. The van der Waals surface area contributed by atoms with Crippen LogP contribution in [-0.2, 0) is 6.54 Å². The number of thiophene rings is 1. The maximum Gasteiger partial charge on any atom is 0.273 e. The van der Waals surface area contributed by atoms with Gasteiger partial charge in [0.05, 0.1) is 28.7 Å². The molecule has 0 aliphatic carbocycles. The maximum absolute atomic E-state index is 13.4. The van der Waals surface area contributed by atoms with Gasteiger partial charge in [0.15, 0.2) is 0 Å². The van der Waals surface area contributed by atoms with E-state index >= 15 is 0 Å². The van der Waals surface area contributed by atoms with Crippen molar-refractivity contribution in [3.05, 3.63) is 51.8 Å². The van der Waals surface area contributed by atoms with Gasteiger partial charge in [0.1, 0.15) is 4.70 Å². The topological polar surface area (TPSA) is 65.2 Å². The summed E-state index contributed by atoms with van der Waals surface area (Å²) in [6.45, 7) is 2.16. The van der Waals surface area contributed by atoms with E-state index in [9.17, 15) is 10.1 Å². The smallest absolute Gasteiger partial charge is 0.273 e. The molecule has 1 saturated heterocycles. The SMILES string of the molecule is CN(C)c1cc2nc(N3CCCCC3)n(Cc3ccccc3C#N)c(=O)c2s1. The highest BCUT2D eigenvalue weighted by Crippen LogP contribution is 2.30. The fourth-order valence-corrected chi connectivity index (χ4v) is 4.59. The van der Waals surface area contributed by atoms with Crippen LogP contribution in [0.1, 0.15) is 30.4 Å². The molecule has 0 saturated carbocycles. The molecule has 0 N–H and O–H groups in total. The number of nitrogens with zero attached hydrogens (tertiary/aromatic N) is 5. The third-order valence-electron chi connectivity index (χ3n) is 5.15. The van der Waals surface area contributed by atoms with E-state index in [1.54, 1.807) is 10.6 Å². The zero-order chi connectivity index (χ0) is 19.7. The van der Waals surface area contributed by atoms with Gasteiger partial charge in [-0.2, -0.15) is 5.26 Å². The number of hydrogen-bond donors (Lipinski definition) is 0. The van der Waals surface area contributed by atoms with Crippen molar-refractivity contribution in [2.45, 2.75) is 25.8 Å². The summed E-state index contributed by atoms with van der Waals surface area (Å²) in [7, 11) is 3.94. The van der Waals surface area contributed by atoms with E-state index in [-0.39, 0.29) is 5.56 Å². The van der Waals surface area contributed by atoms with Gasteiger partial charge < -0.3 is 9.80 Å². The Morgan fingerprint density at radius 1 is 1.21 bits per heavy atom. The van der Waals surface area contributed by atoms with Crippen LogP contribution in [0.2, 0.25) is 0 Å². The number of hydrogen-bond acceptors (Lipinski definition) is 6. The van der Waals surface area contributed by atoms with Crippen LogP contribution in [0.15, 0.2) is 35.1 Å². The monoisotopic (exact) mass is 393 g/mol. The van der Waals surface area contributed by atoms with Gasteiger partial charge in [0.2, 0.25) is 5.95 Å². The molecule has 0 radical (unpaired) electrons. The summed E-state index contributed by atoms with van der Waals surface area (Å²) in [4.78, 5) is 22.6. The first kappa shape index (κ1) is 18.5. The minimum absolute atomic E-state index is 0.0311. The number of anilines is 2. The molecule has 0 spiro atoms. The van der Waals surface area contributed by atoms with Gasteiger partial charge in [0, 0.05) is 27.2 Å². The van der Waals surface area contributed by atoms with Crippen molar-refractivity contribution >= 4 is 32.5 Å². The molecule has 2 aromatic heterocycles. The second-order valence-electron chi connectivity index (χ2n) is 7.31. The van der Waals surface area contributed by atoms with E-state index in [1.165, 1.54) is 17.8 Å². The van der Waals surface area contributed by atoms with Crippen LogP contribution < -0.4 is 15.4 Å². The first-order chi connectivity index (χ1) is 13.6. The maximum atomic E-state index is 13.4. The average Bonchev–Trinajstić information content (AvgIpc) is 3.16. The Balaban J connectivity index is 1.89. The Morgan fingerprint density at radius 2 is 1.96 bits per heavy atom. The second kappa shape index (κ2) is 7.64. The van der Waals surface area contributed by atoms with Crippen LogP contribution in [0.3, 0.4) is 0 Å². The zero-order valence-electron chi connectivity index (χ0n) is 16.2. The van der Waals surface area contributed by atoms with Crippen molar-refractivity contribution in [1.82, 2.24) is 9.55 Å². The molecular weight excluding hydrogens is 370 g/mol. The van der Waals surface area contributed by atoms with Crippen LogP contribution in [0.25, 0.3) is 10.2 Å². The number of fused-ring (bicyclic) bond motifs is 1. The minimum Gasteiger partial charge on any atom is -0.369 e. The van der Waals surface area contributed by atoms with Gasteiger partial charge in [-0.25, -0.2) is 4.98 Å². The molecule has 3 aromatic rings. The Labute approximate surface area is 168 Å². The number of rotatable bonds is 4. The van der Waals surface area contributed by atoms with Crippen LogP contribution in [0.4, 0.5) is 10.9 Å². The highest BCUT2D eigenvalue weighted by Gasteiger charge is 2.21. The molecule has 0 unspecified atom stereocenters. The first-order valence-electron chi connectivity index (χ1n) is 9.53. The first-order valence-corrected chi connectivity index (χ1v) is 10.3. The Hall–Kier alpha value is -2.85. The fraction of sp³-hybridized carbons (Fsp3) is 0.381. The zero-order valence-corrected chi connectivity index (χ0v) is 17.0. The molecule has 0 amide bonds. The lowest BCUT2D eigenvalue weighted by atomic mass is 10.1. The lowest BCUT2D eigenvalue weighted by Crippen LogP contribution is -2.36. The number of aromatic nitrogens is 2. The second-order valence-corrected chi connectivity index (χ2v) is 8.34. The molecule has 144 valence electrons. The lowest BCUT2D eigenvalue weighted by molar-refractivity contribution is 0.553. The summed E-state index contributed by atoms with van der Waals surface area (Å²) < 4.78 is 2.42. The summed E-state index contributed by atoms with van der Waals surface area (Å²) in [6, 6.07) is 11.7. The average molecular weight is 394 g/mol. The third kappa shape index (κ3) is 3.36. The van der Waals surface area contributed by atoms with Crippen molar-refractivity contribution in [3.8, 4) is 6.07 Å². The van der Waals surface area contributed by atoms with E-state index < -0.39 is 0 Å². The quantitative estimate of drug-likeness (QED) is 0.679. The predicted molar refractivity (Wildman–Crippen MR) is 115 cm³/mol. The number of nitriles is 1. The Morgan fingerprint density at radius 3 is 2.68 bits per heavy atom. The van der Waals surface area contributed by atoms with Gasteiger partial charge in [-0.3, -0.25) is 9.36 Å². The highest BCUT2D eigenvalue weighted by atomic mass is 32.1. The van der Waals surface area contributed by atoms with Crippen LogP contribution in [0, 0.1) is 11.3 Å². The van der Waals surface area contributed by atoms with Crippen LogP contribution in [0.5, 0.6) is 0 Å². The van der Waals surface area contributed by atoms with E-state index in [0.717, 1.165) is 42.0 Å². The lowest BCUT2D eigenvalue weighted by Gasteiger charge is -2.29. The number of piperidine rings is 1. The van der Waals surface area contributed by atoms with Crippen molar-refractivity contribution in [2.24, 2.45) is 0 Å². The van der Waals surface area contributed by atoms with Gasteiger partial charge in [0.25, 0.3) is 5.56 Å². The van der Waals surface area contributed by atoms with Crippen molar-refractivity contribution in [3.63, 3.8) is 0 Å². The van der Waals surface area contributed by atoms with Crippen molar-refractivity contribution in [2.75, 3.05) is 37.0 Å². The largest absolute Gasteiger partial charge is 0.369 e. The summed E-state index contributed by atoms with van der Waals surface area (Å²) >= 11 is 1.47. The van der Waals surface area contributed by atoms with Crippen molar-refractivity contribution < 1.29 is 0 Å². The molecule has 1 aromatic carbocycles. The third-order valence-corrected chi connectivity index (χ3v) is 6.43. The molecule has 0 atom stereocenters. The van der Waals surface area contributed by atoms with Crippen LogP contribution >= 0.6 is 11.3 Å². The normalized spacial score (nSPS) is 14.2. The molecule has 28 heavy (non-hydrogen) atoms. The molecule has 1 aliphatic rings. The molecule has 4 rings (SSSR count). The fourth-order valence-electron chi connectivity index (χ4n) is 3.62. The Kier molecular flexibility index (Phi) is 5.05. The molecule has 0 bridgehead atoms. The summed E-state index contributed by atoms with van der Waals surface area (Å²) in [5.41, 5.74) is 2.16. The summed E-state index contributed by atoms with van der Waals surface area (Å²) in [5, 5.41) is 10.5. The molecular formula is C21H23N5OS. The summed E-state index contributed by atoms with van der Waals surface area (Å²) in [6.07, 6.45) is 3.42. The Bertz CT molecular complexity index is 1100.